The maximum atomic E-state index is 14.8. The lowest BCUT2D eigenvalue weighted by molar-refractivity contribution is 0.0299. The summed E-state index contributed by atoms with van der Waals surface area (Å²) in [4.78, 5) is 26.0. The van der Waals surface area contributed by atoms with Gasteiger partial charge < -0.3 is 29.4 Å². The average Bonchev–Trinajstić information content (AvgIpc) is 3.23. The second kappa shape index (κ2) is 8.54. The highest BCUT2D eigenvalue weighted by Gasteiger charge is 2.24. The number of ether oxygens (including phenoxy) is 3. The molecule has 0 radical (unpaired) electrons. The molecular formula is C20H22FN5O4. The van der Waals surface area contributed by atoms with Crippen LogP contribution in [-0.2, 0) is 4.74 Å². The Morgan fingerprint density at radius 3 is 2.87 bits per heavy atom. The van der Waals surface area contributed by atoms with Crippen LogP contribution in [0.1, 0.15) is 17.3 Å². The van der Waals surface area contributed by atoms with Crippen molar-refractivity contribution in [3.8, 4) is 11.6 Å². The van der Waals surface area contributed by atoms with Crippen LogP contribution in [0.5, 0.6) is 11.6 Å². The van der Waals surface area contributed by atoms with Crippen molar-refractivity contribution in [1.82, 2.24) is 19.9 Å². The van der Waals surface area contributed by atoms with Crippen molar-refractivity contribution < 1.29 is 23.4 Å². The van der Waals surface area contributed by atoms with Crippen molar-refractivity contribution in [2.45, 2.75) is 6.92 Å². The normalized spacial score (nSPS) is 14.0. The van der Waals surface area contributed by atoms with Crippen LogP contribution in [-0.4, -0.2) is 65.8 Å². The number of hydrogen-bond acceptors (Lipinski definition) is 7. The lowest BCUT2D eigenvalue weighted by Gasteiger charge is -2.27. The number of amides is 1. The van der Waals surface area contributed by atoms with E-state index in [2.05, 4.69) is 20.3 Å². The summed E-state index contributed by atoms with van der Waals surface area (Å²) in [5.41, 5.74) is 0.812. The molecular weight excluding hydrogens is 393 g/mol. The van der Waals surface area contributed by atoms with Crippen molar-refractivity contribution in [2.75, 3.05) is 45.3 Å². The maximum Gasteiger partial charge on any atom is 0.257 e. The number of nitrogens with zero attached hydrogens (tertiary/aromatic N) is 3. The molecule has 0 atom stereocenters. The Hall–Kier alpha value is -3.40. The second-order valence-corrected chi connectivity index (χ2v) is 6.59. The van der Waals surface area contributed by atoms with Crippen molar-refractivity contribution in [3.63, 3.8) is 0 Å². The number of morpholine rings is 1. The minimum Gasteiger partial charge on any atom is -0.495 e. The molecule has 30 heavy (non-hydrogen) atoms. The van der Waals surface area contributed by atoms with Gasteiger partial charge in [0.1, 0.15) is 17.2 Å². The number of H-pyrrole nitrogens is 1. The van der Waals surface area contributed by atoms with E-state index in [1.807, 2.05) is 13.0 Å². The monoisotopic (exact) mass is 415 g/mol. The number of carbonyl (C=O) groups is 1. The van der Waals surface area contributed by atoms with Gasteiger partial charge in [0, 0.05) is 25.4 Å². The molecule has 0 aliphatic carbocycles. The van der Waals surface area contributed by atoms with Crippen LogP contribution in [0.4, 0.5) is 16.0 Å². The van der Waals surface area contributed by atoms with Crippen LogP contribution in [0.15, 0.2) is 24.4 Å². The summed E-state index contributed by atoms with van der Waals surface area (Å²) in [6.07, 6.45) is 1.73. The van der Waals surface area contributed by atoms with Gasteiger partial charge >= 0.3 is 0 Å². The van der Waals surface area contributed by atoms with Gasteiger partial charge in [-0.15, -0.1) is 0 Å². The van der Waals surface area contributed by atoms with Gasteiger partial charge in [-0.2, -0.15) is 9.97 Å². The Balaban J connectivity index is 1.65. The zero-order valence-corrected chi connectivity index (χ0v) is 16.7. The molecule has 1 aromatic carbocycles. The molecule has 2 N–H and O–H groups in total. The van der Waals surface area contributed by atoms with E-state index in [0.717, 1.165) is 5.39 Å². The molecule has 158 valence electrons. The second-order valence-electron chi connectivity index (χ2n) is 6.59. The SMILES string of the molecule is CCOc1nc(Nc2cc(F)c(C(=O)N3CCOCC3)cc2OC)nc2[nH]ccc12. The topological polar surface area (TPSA) is 102 Å². The van der Waals surface area contributed by atoms with Crippen LogP contribution < -0.4 is 14.8 Å². The van der Waals surface area contributed by atoms with E-state index >= 15 is 0 Å². The summed E-state index contributed by atoms with van der Waals surface area (Å²) in [7, 11) is 1.45. The summed E-state index contributed by atoms with van der Waals surface area (Å²) in [6.45, 7) is 4.01. The molecule has 1 aliphatic heterocycles. The third-order valence-electron chi connectivity index (χ3n) is 4.73. The van der Waals surface area contributed by atoms with E-state index in [0.29, 0.717) is 55.9 Å². The van der Waals surface area contributed by atoms with Crippen LogP contribution in [0.3, 0.4) is 0 Å². The summed E-state index contributed by atoms with van der Waals surface area (Å²) in [5, 5.41) is 3.70. The zero-order chi connectivity index (χ0) is 21.1. The van der Waals surface area contributed by atoms with Crippen molar-refractivity contribution in [2.24, 2.45) is 0 Å². The van der Waals surface area contributed by atoms with E-state index in [4.69, 9.17) is 14.2 Å². The number of anilines is 2. The first kappa shape index (κ1) is 19.9. The number of methoxy groups -OCH3 is 1. The van der Waals surface area contributed by atoms with E-state index in [-0.39, 0.29) is 11.5 Å². The van der Waals surface area contributed by atoms with E-state index in [1.54, 1.807) is 11.1 Å². The number of nitrogens with one attached hydrogen (secondary N) is 2. The lowest BCUT2D eigenvalue weighted by Crippen LogP contribution is -2.41. The first-order valence-corrected chi connectivity index (χ1v) is 9.60. The molecule has 0 spiro atoms. The molecule has 2 aromatic heterocycles. The Kier molecular flexibility index (Phi) is 5.66. The minimum absolute atomic E-state index is 0.0601. The Bertz CT molecular complexity index is 1060. The Morgan fingerprint density at radius 2 is 2.13 bits per heavy atom. The smallest absolute Gasteiger partial charge is 0.257 e. The molecule has 4 rings (SSSR count). The number of aromatic nitrogens is 3. The van der Waals surface area contributed by atoms with E-state index < -0.39 is 11.7 Å². The van der Waals surface area contributed by atoms with Crippen LogP contribution in [0.25, 0.3) is 11.0 Å². The molecule has 0 bridgehead atoms. The van der Waals surface area contributed by atoms with Gasteiger partial charge in [0.25, 0.3) is 5.91 Å². The zero-order valence-electron chi connectivity index (χ0n) is 16.7. The van der Waals surface area contributed by atoms with Crippen LogP contribution in [0, 0.1) is 5.82 Å². The molecule has 1 fully saturated rings. The molecule has 10 heteroatoms. The molecule has 0 unspecified atom stereocenters. The number of fused-ring (bicyclic) bond motifs is 1. The van der Waals surface area contributed by atoms with Gasteiger partial charge in [0.15, 0.2) is 0 Å². The van der Waals surface area contributed by atoms with Gasteiger partial charge in [-0.1, -0.05) is 0 Å². The average molecular weight is 415 g/mol. The number of rotatable bonds is 6. The number of carbonyl (C=O) groups excluding carboxylic acids is 1. The molecule has 1 saturated heterocycles. The summed E-state index contributed by atoms with van der Waals surface area (Å²) < 4.78 is 31.0. The van der Waals surface area contributed by atoms with Crippen LogP contribution >= 0.6 is 0 Å². The number of halogens is 1. The van der Waals surface area contributed by atoms with Gasteiger partial charge in [0.05, 0.1) is 43.6 Å². The fourth-order valence-corrected chi connectivity index (χ4v) is 3.26. The van der Waals surface area contributed by atoms with Gasteiger partial charge in [-0.05, 0) is 19.1 Å². The van der Waals surface area contributed by atoms with Gasteiger partial charge in [0.2, 0.25) is 11.8 Å². The molecule has 3 heterocycles. The minimum atomic E-state index is -0.666. The number of benzene rings is 1. The molecule has 0 saturated carbocycles. The van der Waals surface area contributed by atoms with Gasteiger partial charge in [-0.25, -0.2) is 4.39 Å². The summed E-state index contributed by atoms with van der Waals surface area (Å²) in [6, 6.07) is 4.40. The standard InChI is InChI=1S/C20H22FN5O4/c1-3-30-18-12-4-5-22-17(12)24-20(25-18)23-15-11-14(21)13(10-16(15)28-2)19(27)26-6-8-29-9-7-26/h4-5,10-11H,3,6-9H2,1-2H3,(H2,22,23,24,25). The lowest BCUT2D eigenvalue weighted by atomic mass is 10.1. The third kappa shape index (κ3) is 3.86. The molecule has 3 aromatic rings. The quantitative estimate of drug-likeness (QED) is 0.638. The molecule has 9 nitrogen and oxygen atoms in total. The molecule has 1 aliphatic rings. The number of hydrogen-bond donors (Lipinski definition) is 2. The van der Waals surface area contributed by atoms with Crippen molar-refractivity contribution >= 4 is 28.6 Å². The predicted molar refractivity (Wildman–Crippen MR) is 108 cm³/mol. The first-order chi connectivity index (χ1) is 14.6. The number of aromatic amines is 1. The molecule has 1 amide bonds. The third-order valence-corrected chi connectivity index (χ3v) is 4.73. The summed E-state index contributed by atoms with van der Waals surface area (Å²) >= 11 is 0. The Morgan fingerprint density at radius 1 is 1.33 bits per heavy atom. The van der Waals surface area contributed by atoms with E-state index in [1.165, 1.54) is 19.2 Å². The van der Waals surface area contributed by atoms with Crippen molar-refractivity contribution in [1.29, 1.82) is 0 Å². The van der Waals surface area contributed by atoms with Crippen molar-refractivity contribution in [3.05, 3.63) is 35.8 Å². The largest absolute Gasteiger partial charge is 0.495 e. The first-order valence-electron chi connectivity index (χ1n) is 9.60. The van der Waals surface area contributed by atoms with Gasteiger partial charge in [-0.3, -0.25) is 4.79 Å². The fourth-order valence-electron chi connectivity index (χ4n) is 3.26. The highest BCUT2D eigenvalue weighted by Crippen LogP contribution is 2.32. The predicted octanol–water partition coefficient (Wildman–Crippen LogP) is 2.72. The maximum absolute atomic E-state index is 14.8. The highest BCUT2D eigenvalue weighted by molar-refractivity contribution is 5.96. The fraction of sp³-hybridized carbons (Fsp3) is 0.350. The van der Waals surface area contributed by atoms with E-state index in [9.17, 15) is 9.18 Å². The van der Waals surface area contributed by atoms with Crippen LogP contribution in [0.2, 0.25) is 0 Å². The Labute approximate surface area is 172 Å². The summed E-state index contributed by atoms with van der Waals surface area (Å²) in [5.74, 6) is -0.159. The highest BCUT2D eigenvalue weighted by atomic mass is 19.1.